The molecule has 0 aliphatic carbocycles. The molecule has 4 rings (SSSR count). The summed E-state index contributed by atoms with van der Waals surface area (Å²) >= 11 is 1.27. The Hall–Kier alpha value is -6.37. The summed E-state index contributed by atoms with van der Waals surface area (Å²) in [5.41, 5.74) is 0.801. The number of carbonyl (C=O) groups is 8. The fourth-order valence-corrected chi connectivity index (χ4v) is 9.16. The molecule has 1 aliphatic heterocycles. The summed E-state index contributed by atoms with van der Waals surface area (Å²) in [6, 6.07) is 12.1. The number of amides is 7. The van der Waals surface area contributed by atoms with Gasteiger partial charge in [0.2, 0.25) is 29.5 Å². The van der Waals surface area contributed by atoms with Gasteiger partial charge in [-0.3, -0.25) is 43.3 Å². The summed E-state index contributed by atoms with van der Waals surface area (Å²) in [7, 11) is 0. The van der Waals surface area contributed by atoms with Crippen molar-refractivity contribution >= 4 is 59.1 Å². The normalized spacial score (nSPS) is 13.9. The summed E-state index contributed by atoms with van der Waals surface area (Å²) < 4.78 is 37.3. The summed E-state index contributed by atoms with van der Waals surface area (Å²) in [6.45, 7) is 17.3. The molecule has 3 unspecified atom stereocenters. The molecule has 1 aromatic heterocycles. The van der Waals surface area contributed by atoms with E-state index in [1.54, 1.807) is 51.8 Å². The molecule has 0 saturated heterocycles. The van der Waals surface area contributed by atoms with Gasteiger partial charge < -0.3 is 35.5 Å². The third kappa shape index (κ3) is 19.5. The number of imide groups is 1. The zero-order valence-corrected chi connectivity index (χ0v) is 45.1. The van der Waals surface area contributed by atoms with E-state index in [2.05, 4.69) is 21.3 Å². The predicted molar refractivity (Wildman–Crippen MR) is 281 cm³/mol. The molecule has 0 saturated carbocycles. The lowest BCUT2D eigenvalue weighted by Crippen LogP contribution is -2.54. The van der Waals surface area contributed by atoms with Crippen molar-refractivity contribution in [1.29, 1.82) is 0 Å². The van der Waals surface area contributed by atoms with Gasteiger partial charge in [-0.2, -0.15) is 11.8 Å². The first-order chi connectivity index (χ1) is 34.8. The number of ether oxygens (including phenoxy) is 1. The number of hydrogen-bond donors (Lipinski definition) is 4. The van der Waals surface area contributed by atoms with Gasteiger partial charge in [0.05, 0.1) is 18.2 Å². The van der Waals surface area contributed by atoms with Gasteiger partial charge >= 0.3 is 5.97 Å². The van der Waals surface area contributed by atoms with Gasteiger partial charge in [0.1, 0.15) is 29.3 Å². The van der Waals surface area contributed by atoms with E-state index in [4.69, 9.17) is 4.74 Å². The van der Waals surface area contributed by atoms with Crippen LogP contribution in [-0.4, -0.2) is 117 Å². The molecule has 0 bridgehead atoms. The first-order valence-corrected chi connectivity index (χ1v) is 26.5. The van der Waals surface area contributed by atoms with Crippen molar-refractivity contribution in [3.63, 3.8) is 0 Å². The lowest BCUT2D eigenvalue weighted by Gasteiger charge is -2.41. The predicted octanol–water partition coefficient (Wildman–Crippen LogP) is 7.01. The molecule has 7 amide bonds. The van der Waals surface area contributed by atoms with Crippen molar-refractivity contribution in [2.75, 3.05) is 37.7 Å². The molecule has 0 radical (unpaired) electrons. The zero-order valence-electron chi connectivity index (χ0n) is 44.3. The average Bonchev–Trinajstić information content (AvgIpc) is 3.87. The molecule has 2 aromatic carbocycles. The molecule has 3 atom stereocenters. The van der Waals surface area contributed by atoms with Crippen molar-refractivity contribution in [1.82, 2.24) is 35.6 Å². The van der Waals surface area contributed by atoms with Crippen molar-refractivity contribution in [3.8, 4) is 11.1 Å². The fourth-order valence-electron chi connectivity index (χ4n) is 8.35. The minimum Gasteiger partial charge on any atom is -0.460 e. The monoisotopic (exact) mass is 1050 g/mol. The van der Waals surface area contributed by atoms with Crippen LogP contribution in [0.4, 0.5) is 8.78 Å². The van der Waals surface area contributed by atoms with Crippen LogP contribution in [0.2, 0.25) is 0 Å². The molecule has 19 heteroatoms. The standard InChI is InChI=1S/C55H75F2N7O9S/c1-36(2)50(61-45(66)19-14-11-15-28-63-46(67)22-23-47(63)68)53(72)60-37(3)52(71)59-26-16-29-64(48(69)35-74-30-25-44(65)58-27-24-49(70)73-55(7,8)9)51(54(4,5)6)43-31-39(41-32-40(56)20-21-42(41)57)34-62(43)33-38-17-12-10-13-18-38/h10,12-13,17-18,20-23,31-32,34,36-37,50-51H,11,14-16,19,24-30,33,35H2,1-9H3,(H,58,65)(H,59,71)(H,60,72)(H,61,66). The molecule has 2 heterocycles. The summed E-state index contributed by atoms with van der Waals surface area (Å²) in [6.07, 6.45) is 6.33. The first kappa shape index (κ1) is 60.2. The zero-order chi connectivity index (χ0) is 54.8. The molecule has 4 N–H and O–H groups in total. The highest BCUT2D eigenvalue weighted by Crippen LogP contribution is 2.41. The molecule has 1 aliphatic rings. The van der Waals surface area contributed by atoms with Crippen LogP contribution in [-0.2, 0) is 49.6 Å². The van der Waals surface area contributed by atoms with Crippen LogP contribution in [0.15, 0.2) is 72.9 Å². The Bertz CT molecular complexity index is 2450. The summed E-state index contributed by atoms with van der Waals surface area (Å²) in [4.78, 5) is 106. The van der Waals surface area contributed by atoms with Gasteiger partial charge in [-0.1, -0.05) is 71.4 Å². The van der Waals surface area contributed by atoms with E-state index in [1.165, 1.54) is 30.8 Å². The number of rotatable bonds is 28. The van der Waals surface area contributed by atoms with Crippen LogP contribution < -0.4 is 21.3 Å². The Morgan fingerprint density at radius 1 is 0.757 bits per heavy atom. The number of halogens is 2. The van der Waals surface area contributed by atoms with E-state index < -0.39 is 58.6 Å². The number of aromatic nitrogens is 1. The third-order valence-corrected chi connectivity index (χ3v) is 12.9. The van der Waals surface area contributed by atoms with E-state index in [0.29, 0.717) is 42.8 Å². The van der Waals surface area contributed by atoms with Gasteiger partial charge in [-0.15, -0.1) is 0 Å². The minimum atomic E-state index is -0.986. The number of unbranched alkanes of at least 4 members (excludes halogenated alkanes) is 2. The van der Waals surface area contributed by atoms with Gasteiger partial charge in [0.15, 0.2) is 0 Å². The largest absolute Gasteiger partial charge is 0.460 e. The maximum absolute atomic E-state index is 15.4. The molecule has 74 heavy (non-hydrogen) atoms. The topological polar surface area (TPSA) is 205 Å². The molecule has 16 nitrogen and oxygen atoms in total. The number of esters is 1. The molecular weight excluding hydrogens is 973 g/mol. The Morgan fingerprint density at radius 3 is 2.09 bits per heavy atom. The molecular formula is C55H75F2N7O9S. The highest BCUT2D eigenvalue weighted by atomic mass is 32.2. The number of thioether (sulfide) groups is 1. The highest BCUT2D eigenvalue weighted by molar-refractivity contribution is 7.99. The van der Waals surface area contributed by atoms with Gasteiger partial charge in [-0.25, -0.2) is 8.78 Å². The summed E-state index contributed by atoms with van der Waals surface area (Å²) in [5, 5.41) is 11.1. The molecule has 0 spiro atoms. The average molecular weight is 1050 g/mol. The Kier molecular flexibility index (Phi) is 23.1. The molecule has 404 valence electrons. The summed E-state index contributed by atoms with van der Waals surface area (Å²) in [5.74, 6) is -4.28. The van der Waals surface area contributed by atoms with Crippen LogP contribution in [0.1, 0.15) is 125 Å². The Morgan fingerprint density at radius 2 is 1.45 bits per heavy atom. The van der Waals surface area contributed by atoms with E-state index in [0.717, 1.165) is 28.7 Å². The second kappa shape index (κ2) is 28.3. The van der Waals surface area contributed by atoms with Crippen molar-refractivity contribution in [2.45, 2.75) is 138 Å². The van der Waals surface area contributed by atoms with Crippen LogP contribution >= 0.6 is 11.8 Å². The number of nitrogens with zero attached hydrogens (tertiary/aromatic N) is 3. The fraction of sp³-hybridized carbons (Fsp3) is 0.527. The van der Waals surface area contributed by atoms with E-state index in [1.807, 2.05) is 55.7 Å². The minimum absolute atomic E-state index is 0.00743. The Balaban J connectivity index is 1.46. The smallest absolute Gasteiger partial charge is 0.308 e. The third-order valence-electron chi connectivity index (χ3n) is 11.9. The second-order valence-electron chi connectivity index (χ2n) is 20.9. The quantitative estimate of drug-likeness (QED) is 0.0333. The van der Waals surface area contributed by atoms with Crippen molar-refractivity contribution in [2.24, 2.45) is 11.3 Å². The van der Waals surface area contributed by atoms with Gasteiger partial charge in [-0.05, 0) is 88.1 Å². The number of nitrogens with one attached hydrogen (secondary N) is 4. The van der Waals surface area contributed by atoms with Crippen LogP contribution in [0.3, 0.4) is 0 Å². The van der Waals surface area contributed by atoms with Gasteiger partial charge in [0, 0.05) is 86.5 Å². The second-order valence-corrected chi connectivity index (χ2v) is 22.0. The van der Waals surface area contributed by atoms with Crippen molar-refractivity contribution < 1.29 is 51.9 Å². The Labute approximate surface area is 438 Å². The van der Waals surface area contributed by atoms with Gasteiger partial charge in [0.25, 0.3) is 11.8 Å². The van der Waals surface area contributed by atoms with Crippen LogP contribution in [0, 0.1) is 23.0 Å². The van der Waals surface area contributed by atoms with E-state index in [-0.39, 0.29) is 98.6 Å². The molecule has 3 aromatic rings. The lowest BCUT2D eigenvalue weighted by atomic mass is 9.83. The van der Waals surface area contributed by atoms with Crippen LogP contribution in [0.5, 0.6) is 0 Å². The number of benzene rings is 2. The van der Waals surface area contributed by atoms with Crippen molar-refractivity contribution in [3.05, 3.63) is 95.8 Å². The van der Waals surface area contributed by atoms with E-state index >= 15 is 4.39 Å². The number of carbonyl (C=O) groups excluding carboxylic acids is 8. The number of hydrogen-bond acceptors (Lipinski definition) is 10. The SMILES string of the molecule is CC(NC(=O)C(NC(=O)CCCCCN1C(=O)C=CC1=O)C(C)C)C(=O)NCCCN(C(=O)CSCCC(=O)NCCC(=O)OC(C)(C)C)C(c1cc(-c2cc(F)ccc2F)cn1Cc1ccccc1)C(C)(C)C. The highest BCUT2D eigenvalue weighted by Gasteiger charge is 2.37. The maximum atomic E-state index is 15.4. The van der Waals surface area contributed by atoms with E-state index in [9.17, 15) is 42.7 Å². The molecule has 0 fully saturated rings. The van der Waals surface area contributed by atoms with Crippen LogP contribution in [0.25, 0.3) is 11.1 Å². The lowest BCUT2D eigenvalue weighted by molar-refractivity contribution is -0.154. The first-order valence-electron chi connectivity index (χ1n) is 25.3. The maximum Gasteiger partial charge on any atom is 0.308 e.